The highest BCUT2D eigenvalue weighted by Gasteiger charge is 1.93. The molecule has 0 aromatic rings. The Morgan fingerprint density at radius 1 is 0.917 bits per heavy atom. The summed E-state index contributed by atoms with van der Waals surface area (Å²) in [4.78, 5) is 0. The second-order valence-corrected chi connectivity index (χ2v) is 7.58. The minimum Gasteiger partial charge on any atom is -0.125 e. The maximum Gasteiger partial charge on any atom is 0.101 e. The first-order valence-electron chi connectivity index (χ1n) is 3.34. The molecule has 70 valence electrons. The Kier molecular flexibility index (Phi) is 10.4. The van der Waals surface area contributed by atoms with Gasteiger partial charge in [-0.05, 0) is 24.3 Å². The Bertz CT molecular complexity index is 136. The van der Waals surface area contributed by atoms with Crippen LogP contribution in [0.25, 0.3) is 0 Å². The molecule has 0 rings (SSSR count). The summed E-state index contributed by atoms with van der Waals surface area (Å²) >= 11 is 20.9. The largest absolute Gasteiger partial charge is 0.125 e. The Balaban J connectivity index is 3.01. The molecule has 0 fully saturated rings. The highest BCUT2D eigenvalue weighted by Crippen LogP contribution is 2.14. The van der Waals surface area contributed by atoms with Gasteiger partial charge in [0.2, 0.25) is 0 Å². The molecule has 0 amide bonds. The third-order valence-corrected chi connectivity index (χ3v) is 3.95. The molecule has 0 spiro atoms. The lowest BCUT2D eigenvalue weighted by molar-refractivity contribution is 0.911. The maximum absolute atomic E-state index is 4.80. The first-order chi connectivity index (χ1) is 5.63. The van der Waals surface area contributed by atoms with E-state index in [1.165, 1.54) is 0 Å². The average Bonchev–Trinajstić information content (AvgIpc) is 1.95. The molecule has 0 saturated carbocycles. The molecule has 0 aromatic carbocycles. The van der Waals surface area contributed by atoms with E-state index in [0.29, 0.717) is 0 Å². The van der Waals surface area contributed by atoms with Crippen molar-refractivity contribution < 1.29 is 0 Å². The van der Waals surface area contributed by atoms with Crippen molar-refractivity contribution in [1.82, 2.24) is 0 Å². The molecule has 0 aliphatic rings. The van der Waals surface area contributed by atoms with Crippen LogP contribution < -0.4 is 0 Å². The van der Waals surface area contributed by atoms with Gasteiger partial charge in [0, 0.05) is 0 Å². The zero-order valence-corrected chi connectivity index (χ0v) is 11.4. The molecular weight excluding hydrogens is 264 g/mol. The summed E-state index contributed by atoms with van der Waals surface area (Å²) < 4.78 is 1.46. The lowest BCUT2D eigenvalue weighted by Crippen LogP contribution is -1.86. The molecule has 0 bridgehead atoms. The van der Waals surface area contributed by atoms with Gasteiger partial charge in [0.05, 0.1) is 0 Å². The molecular formula is C6H10S6. The van der Waals surface area contributed by atoms with Crippen LogP contribution in [0, 0.1) is 0 Å². The minimum absolute atomic E-state index is 0.729. The molecule has 12 heavy (non-hydrogen) atoms. The number of thioether (sulfide) groups is 2. The quantitative estimate of drug-likeness (QED) is 0.446. The average molecular weight is 275 g/mol. The van der Waals surface area contributed by atoms with E-state index in [4.69, 9.17) is 24.4 Å². The number of unbranched alkanes of at least 4 members (excludes halogenated alkanes) is 1. The summed E-state index contributed by atoms with van der Waals surface area (Å²) in [6.45, 7) is 0. The topological polar surface area (TPSA) is 0 Å². The second kappa shape index (κ2) is 9.15. The monoisotopic (exact) mass is 274 g/mol. The van der Waals surface area contributed by atoms with Crippen molar-refractivity contribution in [3.8, 4) is 0 Å². The Hall–Kier alpha value is 1.58. The fraction of sp³-hybridized carbons (Fsp3) is 0.667. The first-order valence-corrected chi connectivity index (χ1v) is 7.02. The fourth-order valence-electron chi connectivity index (χ4n) is 0.523. The van der Waals surface area contributed by atoms with Crippen molar-refractivity contribution in [2.24, 2.45) is 0 Å². The third-order valence-electron chi connectivity index (χ3n) is 0.990. The Labute approximate surface area is 104 Å². The van der Waals surface area contributed by atoms with Crippen LogP contribution in [0.5, 0.6) is 0 Å². The highest BCUT2D eigenvalue weighted by atomic mass is 32.2. The Morgan fingerprint density at radius 2 is 1.25 bits per heavy atom. The SMILES string of the molecule is S=C(S)SCCCCSC(=S)S. The van der Waals surface area contributed by atoms with Crippen LogP contribution in [-0.4, -0.2) is 18.6 Å². The van der Waals surface area contributed by atoms with Gasteiger partial charge in [-0.25, -0.2) is 0 Å². The van der Waals surface area contributed by atoms with Gasteiger partial charge in [0.15, 0.2) is 0 Å². The second-order valence-electron chi connectivity index (χ2n) is 1.94. The summed E-state index contributed by atoms with van der Waals surface area (Å²) in [7, 11) is 0. The van der Waals surface area contributed by atoms with E-state index in [-0.39, 0.29) is 0 Å². The van der Waals surface area contributed by atoms with E-state index >= 15 is 0 Å². The number of hydrogen-bond donors (Lipinski definition) is 2. The molecule has 0 nitrogen and oxygen atoms in total. The zero-order chi connectivity index (χ0) is 9.40. The number of thiol groups is 2. The molecule has 6 heteroatoms. The smallest absolute Gasteiger partial charge is 0.101 e. The molecule has 0 aliphatic carbocycles. The van der Waals surface area contributed by atoms with Crippen LogP contribution in [0.3, 0.4) is 0 Å². The van der Waals surface area contributed by atoms with Crippen LogP contribution in [-0.2, 0) is 0 Å². The predicted octanol–water partition coefficient (Wildman–Crippen LogP) is 3.66. The zero-order valence-electron chi connectivity index (χ0n) is 6.36. The van der Waals surface area contributed by atoms with Gasteiger partial charge in [0.25, 0.3) is 0 Å². The van der Waals surface area contributed by atoms with E-state index in [0.717, 1.165) is 31.4 Å². The summed E-state index contributed by atoms with van der Waals surface area (Å²) in [6, 6.07) is 0. The lowest BCUT2D eigenvalue weighted by atomic mass is 10.4. The van der Waals surface area contributed by atoms with Gasteiger partial charge in [-0.15, -0.1) is 48.8 Å². The van der Waals surface area contributed by atoms with Crippen molar-refractivity contribution in [2.75, 3.05) is 11.5 Å². The number of rotatable bonds is 5. The van der Waals surface area contributed by atoms with E-state index in [2.05, 4.69) is 25.3 Å². The fourth-order valence-corrected chi connectivity index (χ4v) is 2.62. The summed E-state index contributed by atoms with van der Waals surface area (Å²) in [6.07, 6.45) is 2.32. The van der Waals surface area contributed by atoms with E-state index in [9.17, 15) is 0 Å². The van der Waals surface area contributed by atoms with Gasteiger partial charge < -0.3 is 0 Å². The summed E-state index contributed by atoms with van der Waals surface area (Å²) in [5.41, 5.74) is 0. The van der Waals surface area contributed by atoms with Gasteiger partial charge in [-0.3, -0.25) is 0 Å². The van der Waals surface area contributed by atoms with Crippen molar-refractivity contribution in [1.29, 1.82) is 0 Å². The molecule has 0 aromatic heterocycles. The van der Waals surface area contributed by atoms with E-state index < -0.39 is 0 Å². The molecule has 0 atom stereocenters. The van der Waals surface area contributed by atoms with Crippen molar-refractivity contribution >= 4 is 80.3 Å². The van der Waals surface area contributed by atoms with Crippen molar-refractivity contribution in [3.63, 3.8) is 0 Å². The molecule has 0 heterocycles. The van der Waals surface area contributed by atoms with Gasteiger partial charge in [0.1, 0.15) is 7.06 Å². The lowest BCUT2D eigenvalue weighted by Gasteiger charge is -1.98. The third kappa shape index (κ3) is 11.6. The Morgan fingerprint density at radius 3 is 1.50 bits per heavy atom. The standard InChI is InChI=1S/C6H10S6/c7-5(8)11-3-1-2-4-12-6(9)10/h1-4H2,(H,7,8)(H,9,10). The van der Waals surface area contributed by atoms with Crippen LogP contribution in [0.15, 0.2) is 0 Å². The molecule has 0 aliphatic heterocycles. The van der Waals surface area contributed by atoms with Gasteiger partial charge in [-0.2, -0.15) is 0 Å². The van der Waals surface area contributed by atoms with Crippen LogP contribution in [0.2, 0.25) is 0 Å². The number of hydrogen-bond acceptors (Lipinski definition) is 4. The molecule has 0 N–H and O–H groups in total. The van der Waals surface area contributed by atoms with Crippen molar-refractivity contribution in [2.45, 2.75) is 12.8 Å². The minimum atomic E-state index is 0.729. The highest BCUT2D eigenvalue weighted by molar-refractivity contribution is 8.42. The summed E-state index contributed by atoms with van der Waals surface area (Å²) in [5, 5.41) is 0. The van der Waals surface area contributed by atoms with Gasteiger partial charge in [-0.1, -0.05) is 24.4 Å². The first kappa shape index (κ1) is 13.6. The maximum atomic E-state index is 4.80. The normalized spacial score (nSPS) is 9.83. The molecule has 0 saturated heterocycles. The van der Waals surface area contributed by atoms with Crippen LogP contribution in [0.4, 0.5) is 0 Å². The van der Waals surface area contributed by atoms with E-state index in [1.54, 1.807) is 23.5 Å². The van der Waals surface area contributed by atoms with Crippen LogP contribution in [0.1, 0.15) is 12.8 Å². The summed E-state index contributed by atoms with van der Waals surface area (Å²) in [5.74, 6) is 2.12. The molecule has 0 unspecified atom stereocenters. The van der Waals surface area contributed by atoms with Gasteiger partial charge >= 0.3 is 0 Å². The number of thiocarbonyl (C=S) groups is 2. The predicted molar refractivity (Wildman–Crippen MR) is 77.3 cm³/mol. The van der Waals surface area contributed by atoms with Crippen LogP contribution >= 0.6 is 73.2 Å². The van der Waals surface area contributed by atoms with Crippen molar-refractivity contribution in [3.05, 3.63) is 0 Å². The molecule has 0 radical (unpaired) electrons. The van der Waals surface area contributed by atoms with E-state index in [1.807, 2.05) is 0 Å².